The van der Waals surface area contributed by atoms with Crippen LogP contribution in [0.25, 0.3) is 0 Å². The number of amides is 1. The lowest BCUT2D eigenvalue weighted by molar-refractivity contribution is -0.130. The normalized spacial score (nSPS) is 20.3. The minimum absolute atomic E-state index is 0.120. The van der Waals surface area contributed by atoms with Crippen LogP contribution in [0.1, 0.15) is 50.8 Å². The highest BCUT2D eigenvalue weighted by Crippen LogP contribution is 2.27. The van der Waals surface area contributed by atoms with Crippen molar-refractivity contribution in [2.45, 2.75) is 51.5 Å². The molecule has 1 aromatic rings. The summed E-state index contributed by atoms with van der Waals surface area (Å²) in [6.07, 6.45) is 8.75. The van der Waals surface area contributed by atoms with E-state index >= 15 is 0 Å². The number of ketones is 1. The Morgan fingerprint density at radius 3 is 2.50 bits per heavy atom. The Labute approximate surface area is 143 Å². The van der Waals surface area contributed by atoms with Crippen molar-refractivity contribution in [2.24, 2.45) is 0 Å². The first kappa shape index (κ1) is 17.1. The van der Waals surface area contributed by atoms with Gasteiger partial charge in [0.05, 0.1) is 24.7 Å². The summed E-state index contributed by atoms with van der Waals surface area (Å²) in [6.45, 7) is 5.06. The lowest BCUT2D eigenvalue weighted by Crippen LogP contribution is -2.49. The summed E-state index contributed by atoms with van der Waals surface area (Å²) < 4.78 is 2.06. The smallest absolute Gasteiger partial charge is 0.219 e. The molecule has 132 valence electrons. The molecule has 2 aliphatic rings. The number of hydrogen-bond donors (Lipinski definition) is 0. The molecule has 1 aliphatic carbocycles. The van der Waals surface area contributed by atoms with Crippen molar-refractivity contribution in [1.29, 1.82) is 0 Å². The van der Waals surface area contributed by atoms with Gasteiger partial charge in [0.2, 0.25) is 5.91 Å². The molecule has 2 fully saturated rings. The molecule has 0 aromatic carbocycles. The molecular weight excluding hydrogens is 304 g/mol. The van der Waals surface area contributed by atoms with Crippen LogP contribution >= 0.6 is 0 Å². The van der Waals surface area contributed by atoms with Crippen molar-refractivity contribution in [2.75, 3.05) is 32.7 Å². The first-order chi connectivity index (χ1) is 11.6. The van der Waals surface area contributed by atoms with Crippen molar-refractivity contribution in [3.05, 3.63) is 18.0 Å². The largest absolute Gasteiger partial charge is 0.340 e. The van der Waals surface area contributed by atoms with Gasteiger partial charge in [-0.05, 0) is 18.9 Å². The van der Waals surface area contributed by atoms with Crippen LogP contribution in [0.5, 0.6) is 0 Å². The van der Waals surface area contributed by atoms with Crippen molar-refractivity contribution in [3.63, 3.8) is 0 Å². The van der Waals surface area contributed by atoms with Gasteiger partial charge in [-0.2, -0.15) is 5.10 Å². The van der Waals surface area contributed by atoms with Gasteiger partial charge >= 0.3 is 0 Å². The van der Waals surface area contributed by atoms with Crippen LogP contribution in [0, 0.1) is 0 Å². The van der Waals surface area contributed by atoms with Gasteiger partial charge in [-0.3, -0.25) is 19.2 Å². The molecule has 0 bridgehead atoms. The zero-order valence-electron chi connectivity index (χ0n) is 14.6. The fraction of sp³-hybridized carbons (Fsp3) is 0.722. The number of carbonyl (C=O) groups is 2. The number of aromatic nitrogens is 2. The first-order valence-corrected chi connectivity index (χ1v) is 9.15. The summed E-state index contributed by atoms with van der Waals surface area (Å²) in [7, 11) is 0. The second kappa shape index (κ2) is 7.92. The summed E-state index contributed by atoms with van der Waals surface area (Å²) in [5.41, 5.74) is 0.882. The van der Waals surface area contributed by atoms with Crippen LogP contribution in [0.3, 0.4) is 0 Å². The second-order valence-corrected chi connectivity index (χ2v) is 7.08. The third-order valence-electron chi connectivity index (χ3n) is 5.21. The van der Waals surface area contributed by atoms with E-state index in [1.807, 2.05) is 17.2 Å². The maximum atomic E-state index is 12.3. The molecule has 1 amide bonds. The highest BCUT2D eigenvalue weighted by atomic mass is 16.2. The highest BCUT2D eigenvalue weighted by Gasteiger charge is 2.21. The molecule has 0 unspecified atom stereocenters. The first-order valence-electron chi connectivity index (χ1n) is 9.15. The van der Waals surface area contributed by atoms with Crippen molar-refractivity contribution >= 4 is 11.7 Å². The maximum absolute atomic E-state index is 12.3. The van der Waals surface area contributed by atoms with Crippen LogP contribution in [0.15, 0.2) is 12.3 Å². The van der Waals surface area contributed by atoms with E-state index in [-0.39, 0.29) is 11.7 Å². The zero-order valence-corrected chi connectivity index (χ0v) is 14.6. The third-order valence-corrected chi connectivity index (χ3v) is 5.21. The van der Waals surface area contributed by atoms with Crippen molar-refractivity contribution in [1.82, 2.24) is 19.6 Å². The van der Waals surface area contributed by atoms with Gasteiger partial charge in [0.25, 0.3) is 0 Å². The minimum Gasteiger partial charge on any atom is -0.340 e. The molecule has 0 radical (unpaired) electrons. The molecule has 6 nitrogen and oxygen atoms in total. The molecule has 1 aromatic heterocycles. The highest BCUT2D eigenvalue weighted by molar-refractivity contribution is 5.82. The summed E-state index contributed by atoms with van der Waals surface area (Å²) in [4.78, 5) is 27.6. The van der Waals surface area contributed by atoms with Gasteiger partial charge in [0, 0.05) is 39.3 Å². The van der Waals surface area contributed by atoms with E-state index in [1.54, 1.807) is 6.92 Å². The Balaban J connectivity index is 1.45. The van der Waals surface area contributed by atoms with Gasteiger partial charge in [0.1, 0.15) is 0 Å². The number of carbonyl (C=O) groups excluding carboxylic acids is 2. The number of Topliss-reactive ketones (excluding diaryl/α,β-unsaturated/α-hetero) is 1. The zero-order chi connectivity index (χ0) is 16.9. The molecule has 6 heteroatoms. The molecule has 0 N–H and O–H groups in total. The molecule has 3 rings (SSSR count). The number of nitrogens with zero attached hydrogens (tertiary/aromatic N) is 4. The van der Waals surface area contributed by atoms with Crippen LogP contribution in [0.2, 0.25) is 0 Å². The lowest BCUT2D eigenvalue weighted by atomic mass is 9.96. The topological polar surface area (TPSA) is 58.4 Å². The van der Waals surface area contributed by atoms with Gasteiger partial charge in [-0.15, -0.1) is 0 Å². The average Bonchev–Trinajstić information content (AvgIpc) is 3.04. The third kappa shape index (κ3) is 4.44. The predicted molar refractivity (Wildman–Crippen MR) is 91.8 cm³/mol. The van der Waals surface area contributed by atoms with E-state index < -0.39 is 0 Å². The second-order valence-electron chi connectivity index (χ2n) is 7.08. The number of rotatable bonds is 5. The standard InChI is InChI=1S/C18H28N4O2/c1-15(23)21-11-9-20(10-12-21)14-18(24)13-16-7-8-22(19-16)17-5-3-2-4-6-17/h7-8,17H,2-6,9-14H2,1H3. The Morgan fingerprint density at radius 2 is 1.83 bits per heavy atom. The molecule has 0 spiro atoms. The molecule has 0 atom stereocenters. The van der Waals surface area contributed by atoms with E-state index in [4.69, 9.17) is 0 Å². The predicted octanol–water partition coefficient (Wildman–Crippen LogP) is 1.66. The molecule has 1 aliphatic heterocycles. The Kier molecular flexibility index (Phi) is 5.66. The number of hydrogen-bond acceptors (Lipinski definition) is 4. The SMILES string of the molecule is CC(=O)N1CCN(CC(=O)Cc2ccn(C3CCCCC3)n2)CC1. The fourth-order valence-electron chi connectivity index (χ4n) is 3.75. The van der Waals surface area contributed by atoms with Crippen molar-refractivity contribution in [3.8, 4) is 0 Å². The van der Waals surface area contributed by atoms with Gasteiger partial charge in [-0.25, -0.2) is 0 Å². The molecule has 2 heterocycles. The van der Waals surface area contributed by atoms with Crippen LogP contribution in [-0.4, -0.2) is 64.0 Å². The Bertz CT molecular complexity index is 569. The van der Waals surface area contributed by atoms with E-state index in [0.717, 1.165) is 31.9 Å². The summed E-state index contributed by atoms with van der Waals surface area (Å²) in [6, 6.07) is 2.50. The molecule has 1 saturated heterocycles. The lowest BCUT2D eigenvalue weighted by Gasteiger charge is -2.33. The molecule has 24 heavy (non-hydrogen) atoms. The van der Waals surface area contributed by atoms with Crippen LogP contribution < -0.4 is 0 Å². The van der Waals surface area contributed by atoms with Gasteiger partial charge < -0.3 is 4.90 Å². The maximum Gasteiger partial charge on any atom is 0.219 e. The molecular formula is C18H28N4O2. The average molecular weight is 332 g/mol. The quantitative estimate of drug-likeness (QED) is 0.823. The van der Waals surface area contributed by atoms with E-state index in [1.165, 1.54) is 32.1 Å². The van der Waals surface area contributed by atoms with Crippen LogP contribution in [-0.2, 0) is 16.0 Å². The summed E-state index contributed by atoms with van der Waals surface area (Å²) in [5.74, 6) is 0.328. The van der Waals surface area contributed by atoms with Crippen molar-refractivity contribution < 1.29 is 9.59 Å². The summed E-state index contributed by atoms with van der Waals surface area (Å²) in [5, 5.41) is 4.63. The Morgan fingerprint density at radius 1 is 1.12 bits per heavy atom. The number of piperazine rings is 1. The van der Waals surface area contributed by atoms with Crippen LogP contribution in [0.4, 0.5) is 0 Å². The minimum atomic E-state index is 0.120. The Hall–Kier alpha value is -1.69. The monoisotopic (exact) mass is 332 g/mol. The summed E-state index contributed by atoms with van der Waals surface area (Å²) >= 11 is 0. The van der Waals surface area contributed by atoms with Gasteiger partial charge in [-0.1, -0.05) is 19.3 Å². The van der Waals surface area contributed by atoms with E-state index in [0.29, 0.717) is 19.0 Å². The van der Waals surface area contributed by atoms with E-state index in [9.17, 15) is 9.59 Å². The molecule has 1 saturated carbocycles. The fourth-order valence-corrected chi connectivity index (χ4v) is 3.75. The van der Waals surface area contributed by atoms with Gasteiger partial charge in [0.15, 0.2) is 5.78 Å². The van der Waals surface area contributed by atoms with E-state index in [2.05, 4.69) is 14.7 Å².